The van der Waals surface area contributed by atoms with Crippen LogP contribution < -0.4 is 46.6 Å². The van der Waals surface area contributed by atoms with Crippen molar-refractivity contribution in [1.82, 2.24) is 0 Å². The molecule has 1 unspecified atom stereocenters. The lowest BCUT2D eigenvalue weighted by Gasteiger charge is -2.33. The molecule has 0 aliphatic carbocycles. The van der Waals surface area contributed by atoms with Crippen LogP contribution in [0.3, 0.4) is 0 Å². The van der Waals surface area contributed by atoms with Gasteiger partial charge < -0.3 is 51.1 Å². The predicted octanol–water partition coefficient (Wildman–Crippen LogP) is 8.60. The summed E-state index contributed by atoms with van der Waals surface area (Å²) in [7, 11) is -5.13. The maximum atomic E-state index is 6.75. The van der Waals surface area contributed by atoms with Gasteiger partial charge in [-0.15, -0.1) is 9.03 Å². The molecule has 6 rings (SSSR count). The standard InChI is InChI=1S/C35H38N4O6P3.CH4.HI/c1-39(2,3)29-30-40-46(41-31-19-9-4-10-20-31)36-47(42-32-21-11-5-12-22-32,43-33-23-13-6-14-24-33)38-48(37-46,44-34-25-15-7-16-26-34)45-35-27-17-8-18-28-35;;/h4-28H,29-30H2,1-3H3;1H4;1H/q+1;;/p-1. The van der Waals surface area contributed by atoms with E-state index in [0.717, 1.165) is 0 Å². The van der Waals surface area contributed by atoms with Gasteiger partial charge in [0.25, 0.3) is 0 Å². The van der Waals surface area contributed by atoms with E-state index in [1.54, 1.807) is 0 Å². The first-order valence-electron chi connectivity index (χ1n) is 15.3. The van der Waals surface area contributed by atoms with Crippen molar-refractivity contribution in [2.75, 3.05) is 34.3 Å². The highest BCUT2D eigenvalue weighted by Crippen LogP contribution is 2.78. The lowest BCUT2D eigenvalue weighted by Crippen LogP contribution is -3.00. The molecule has 0 N–H and O–H groups in total. The van der Waals surface area contributed by atoms with Gasteiger partial charge in [-0.2, -0.15) is 0 Å². The summed E-state index contributed by atoms with van der Waals surface area (Å²) in [5, 5.41) is 0. The highest BCUT2D eigenvalue weighted by Gasteiger charge is 2.48. The molecule has 264 valence electrons. The molecule has 10 nitrogen and oxygen atoms in total. The SMILES string of the molecule is C.C[N+](C)(C)CCOP1(Oc2ccccc2)=NP(Oc2ccccc2)(Oc2ccccc2)=NP(Oc2ccccc2)(Oc2ccccc2)=N1.[I-]. The summed E-state index contributed by atoms with van der Waals surface area (Å²) in [5.74, 6) is 2.44. The van der Waals surface area contributed by atoms with Gasteiger partial charge in [0.1, 0.15) is 41.9 Å². The van der Waals surface area contributed by atoms with Crippen LogP contribution in [0, 0.1) is 0 Å². The maximum Gasteiger partial charge on any atom is 0.460 e. The molecule has 1 aliphatic heterocycles. The third kappa shape index (κ3) is 11.0. The van der Waals surface area contributed by atoms with Crippen LogP contribution in [0.4, 0.5) is 0 Å². The van der Waals surface area contributed by atoms with Crippen LogP contribution in [-0.2, 0) is 4.52 Å². The minimum absolute atomic E-state index is 0. The summed E-state index contributed by atoms with van der Waals surface area (Å²) in [5.41, 5.74) is 0. The second kappa shape index (κ2) is 17.6. The molecule has 0 amide bonds. The molecule has 0 aromatic heterocycles. The Morgan fingerprint density at radius 1 is 0.420 bits per heavy atom. The van der Waals surface area contributed by atoms with Crippen molar-refractivity contribution in [3.63, 3.8) is 0 Å². The molecule has 5 aromatic carbocycles. The second-order valence-electron chi connectivity index (χ2n) is 11.6. The van der Waals surface area contributed by atoms with Gasteiger partial charge in [-0.05, 0) is 60.7 Å². The van der Waals surface area contributed by atoms with Crippen molar-refractivity contribution in [2.24, 2.45) is 13.5 Å². The Hall–Kier alpha value is -3.56. The first-order chi connectivity index (χ1) is 23.2. The van der Waals surface area contributed by atoms with Crippen LogP contribution >= 0.6 is 23.0 Å². The molecule has 14 heteroatoms. The second-order valence-corrected chi connectivity index (χ2v) is 17.9. The molecule has 1 atom stereocenters. The molecule has 5 aromatic rings. The van der Waals surface area contributed by atoms with Crippen molar-refractivity contribution in [2.45, 2.75) is 7.43 Å². The molecular weight excluding hydrogens is 804 g/mol. The highest BCUT2D eigenvalue weighted by atomic mass is 127. The molecule has 0 fully saturated rings. The summed E-state index contributed by atoms with van der Waals surface area (Å²) in [6, 6.07) is 46.4. The molecule has 50 heavy (non-hydrogen) atoms. The fraction of sp³-hybridized carbons (Fsp3) is 0.167. The molecule has 0 spiro atoms. The summed E-state index contributed by atoms with van der Waals surface area (Å²) < 4.78 is 56.7. The zero-order valence-electron chi connectivity index (χ0n) is 27.3. The van der Waals surface area contributed by atoms with Gasteiger partial charge in [-0.3, -0.25) is 4.52 Å². The Labute approximate surface area is 312 Å². The molecule has 0 bridgehead atoms. The Morgan fingerprint density at radius 2 is 0.660 bits per heavy atom. The van der Waals surface area contributed by atoms with Gasteiger partial charge in [0.15, 0.2) is 0 Å². The number of benzene rings is 5. The topological polar surface area (TPSA) is 92.5 Å². The average molecular weight is 847 g/mol. The Morgan fingerprint density at radius 3 is 0.940 bits per heavy atom. The number of likely N-dealkylation sites (N-methyl/N-ethyl adjacent to an activating group) is 1. The van der Waals surface area contributed by atoms with Crippen molar-refractivity contribution < 1.29 is 55.6 Å². The number of halogens is 1. The van der Waals surface area contributed by atoms with Crippen molar-refractivity contribution in [1.29, 1.82) is 0 Å². The fourth-order valence-electron chi connectivity index (χ4n) is 4.31. The van der Waals surface area contributed by atoms with Crippen LogP contribution in [0.25, 0.3) is 0 Å². The lowest BCUT2D eigenvalue weighted by molar-refractivity contribution is -0.870. The third-order valence-electron chi connectivity index (χ3n) is 6.54. The first-order valence-corrected chi connectivity index (χ1v) is 19.9. The van der Waals surface area contributed by atoms with Crippen molar-refractivity contribution >= 4 is 23.0 Å². The lowest BCUT2D eigenvalue weighted by atomic mass is 10.3. The number of hydrogen-bond acceptors (Lipinski definition) is 9. The van der Waals surface area contributed by atoms with E-state index in [0.29, 0.717) is 39.8 Å². The average Bonchev–Trinajstić information content (AvgIpc) is 3.06. The molecule has 1 heterocycles. The molecular formula is C36H42IN4O6P3. The smallest absolute Gasteiger partial charge is 0.460 e. The molecule has 1 aliphatic rings. The molecule has 0 saturated carbocycles. The zero-order valence-corrected chi connectivity index (χ0v) is 32.1. The predicted molar refractivity (Wildman–Crippen MR) is 199 cm³/mol. The van der Waals surface area contributed by atoms with E-state index in [-0.39, 0.29) is 38.0 Å². The van der Waals surface area contributed by atoms with Crippen molar-refractivity contribution in [3.05, 3.63) is 152 Å². The van der Waals surface area contributed by atoms with Gasteiger partial charge in [0, 0.05) is 0 Å². The van der Waals surface area contributed by atoms with E-state index in [1.165, 1.54) is 0 Å². The maximum absolute atomic E-state index is 6.75. The summed E-state index contributed by atoms with van der Waals surface area (Å²) in [4.78, 5) is 0. The Balaban J connectivity index is 0.00000281. The normalized spacial score (nSPS) is 17.1. The zero-order chi connectivity index (χ0) is 33.3. The largest absolute Gasteiger partial charge is 1.00 e. The number of nitrogens with zero attached hydrogens (tertiary/aromatic N) is 4. The third-order valence-corrected chi connectivity index (χ3v) is 14.7. The number of para-hydroxylation sites is 5. The Bertz CT molecular complexity index is 1770. The summed E-state index contributed by atoms with van der Waals surface area (Å²) in [6.45, 7) is 0.890. The molecule has 0 radical (unpaired) electrons. The summed E-state index contributed by atoms with van der Waals surface area (Å²) >= 11 is 0. The van der Waals surface area contributed by atoms with E-state index in [1.807, 2.05) is 152 Å². The fourth-order valence-corrected chi connectivity index (χ4v) is 13.4. The summed E-state index contributed by atoms with van der Waals surface area (Å²) in [6.07, 6.45) is 0. The van der Waals surface area contributed by atoms with E-state index in [2.05, 4.69) is 21.1 Å². The van der Waals surface area contributed by atoms with E-state index in [4.69, 9.17) is 40.7 Å². The number of hydrogen-bond donors (Lipinski definition) is 0. The van der Waals surface area contributed by atoms with Crippen LogP contribution in [0.5, 0.6) is 28.7 Å². The van der Waals surface area contributed by atoms with Crippen molar-refractivity contribution in [3.8, 4) is 28.7 Å². The Kier molecular flexibility index (Phi) is 13.8. The minimum atomic E-state index is -3.82. The van der Waals surface area contributed by atoms with Gasteiger partial charge >= 0.3 is 23.0 Å². The minimum Gasteiger partial charge on any atom is -1.00 e. The first kappa shape index (κ1) is 39.2. The monoisotopic (exact) mass is 846 g/mol. The van der Waals surface area contributed by atoms with Crippen LogP contribution in [-0.4, -0.2) is 38.8 Å². The van der Waals surface area contributed by atoms with E-state index >= 15 is 0 Å². The van der Waals surface area contributed by atoms with Gasteiger partial charge in [0.2, 0.25) is 0 Å². The van der Waals surface area contributed by atoms with Crippen LogP contribution in [0.2, 0.25) is 0 Å². The van der Waals surface area contributed by atoms with E-state index in [9.17, 15) is 0 Å². The van der Waals surface area contributed by atoms with Gasteiger partial charge in [-0.25, -0.2) is 0 Å². The van der Waals surface area contributed by atoms with Crippen LogP contribution in [0.1, 0.15) is 7.43 Å². The van der Waals surface area contributed by atoms with E-state index < -0.39 is 23.0 Å². The number of quaternary nitrogens is 1. The van der Waals surface area contributed by atoms with Gasteiger partial charge in [-0.1, -0.05) is 103 Å². The quantitative estimate of drug-likeness (QED) is 0.0632. The van der Waals surface area contributed by atoms with Crippen LogP contribution in [0.15, 0.2) is 165 Å². The highest BCUT2D eigenvalue weighted by molar-refractivity contribution is 7.79. The number of rotatable bonds is 14. The molecule has 0 saturated heterocycles. The van der Waals surface area contributed by atoms with Gasteiger partial charge in [0.05, 0.1) is 21.1 Å².